The van der Waals surface area contributed by atoms with E-state index in [1.54, 1.807) is 25.7 Å². The Kier molecular flexibility index (Phi) is 7.40. The molecule has 0 spiro atoms. The van der Waals surface area contributed by atoms with Gasteiger partial charge in [-0.2, -0.15) is 15.2 Å². The maximum Gasteiger partial charge on any atom is 0.410 e. The third-order valence-electron chi connectivity index (χ3n) is 6.82. The number of hydrogen-bond acceptors (Lipinski definition) is 9. The number of carbonyl (C=O) groups excluding carboxylic acids is 1. The zero-order chi connectivity index (χ0) is 26.0. The average molecular weight is 502 g/mol. The second-order valence-corrected chi connectivity index (χ2v) is 10.6. The third-order valence-corrected chi connectivity index (χ3v) is 6.82. The number of ether oxygens (including phenoxy) is 2. The van der Waals surface area contributed by atoms with E-state index >= 15 is 0 Å². The number of hydrogen-bond donors (Lipinski definition) is 1. The quantitative estimate of drug-likeness (QED) is 0.652. The van der Waals surface area contributed by atoms with E-state index in [4.69, 9.17) is 14.5 Å². The van der Waals surface area contributed by atoms with Crippen molar-refractivity contribution >= 4 is 18.0 Å². The number of nitrogens with zero attached hydrogens (tertiary/aromatic N) is 7. The number of fused-ring (bicyclic) bond motifs is 1. The molecule has 1 aromatic rings. The highest BCUT2D eigenvalue weighted by Crippen LogP contribution is 2.31. The predicted octanol–water partition coefficient (Wildman–Crippen LogP) is 1.93. The van der Waals surface area contributed by atoms with Crippen molar-refractivity contribution in [1.29, 1.82) is 5.26 Å². The van der Waals surface area contributed by atoms with Gasteiger partial charge in [0.05, 0.1) is 24.9 Å². The van der Waals surface area contributed by atoms with Gasteiger partial charge in [-0.1, -0.05) is 0 Å². The first-order valence-electron chi connectivity index (χ1n) is 12.4. The summed E-state index contributed by atoms with van der Waals surface area (Å²) in [6.07, 6.45) is 1.13. The third kappa shape index (κ3) is 5.73. The van der Waals surface area contributed by atoms with Gasteiger partial charge in [0.2, 0.25) is 0 Å². The lowest BCUT2D eigenvalue weighted by atomic mass is 10.0. The Morgan fingerprint density at radius 1 is 1.17 bits per heavy atom. The molecule has 0 saturated carbocycles. The molecule has 0 aliphatic carbocycles. The molecule has 12 heteroatoms. The number of amides is 2. The molecule has 36 heavy (non-hydrogen) atoms. The number of carboxylic acid groups (broad SMARTS) is 1. The number of carbonyl (C=O) groups is 2. The van der Waals surface area contributed by atoms with Crippen molar-refractivity contribution in [2.45, 2.75) is 64.3 Å². The van der Waals surface area contributed by atoms with Crippen LogP contribution < -0.4 is 9.64 Å². The van der Waals surface area contributed by atoms with Crippen LogP contribution in [0.2, 0.25) is 0 Å². The fourth-order valence-corrected chi connectivity index (χ4v) is 4.85. The second-order valence-electron chi connectivity index (χ2n) is 10.6. The van der Waals surface area contributed by atoms with Crippen molar-refractivity contribution in [3.05, 3.63) is 11.3 Å². The SMILES string of the molecule is CN1CCC[C@H]1COc1nc2c(c(N3CCN(C(=O)OC(C)(C)C)C[C@@H]3C#N)n1)CCN(C(=O)O)C2. The molecule has 1 N–H and O–H groups in total. The van der Waals surface area contributed by atoms with Crippen LogP contribution in [0.5, 0.6) is 6.01 Å². The van der Waals surface area contributed by atoms with E-state index < -0.39 is 23.8 Å². The molecule has 2 saturated heterocycles. The number of nitriles is 1. The topological polar surface area (TPSA) is 135 Å². The molecule has 0 bridgehead atoms. The van der Waals surface area contributed by atoms with Gasteiger partial charge in [0, 0.05) is 31.2 Å². The van der Waals surface area contributed by atoms with E-state index in [0.717, 1.165) is 24.9 Å². The maximum absolute atomic E-state index is 12.6. The molecule has 4 heterocycles. The minimum Gasteiger partial charge on any atom is -0.465 e. The second kappa shape index (κ2) is 10.3. The van der Waals surface area contributed by atoms with Crippen LogP contribution in [-0.4, -0.2) is 106 Å². The van der Waals surface area contributed by atoms with Crippen LogP contribution in [0, 0.1) is 11.3 Å². The van der Waals surface area contributed by atoms with E-state index in [-0.39, 0.29) is 25.1 Å². The van der Waals surface area contributed by atoms with Crippen LogP contribution >= 0.6 is 0 Å². The number of aromatic nitrogens is 2. The Hall–Kier alpha value is -3.33. The average Bonchev–Trinajstić information content (AvgIpc) is 3.24. The first-order chi connectivity index (χ1) is 17.1. The molecule has 0 radical (unpaired) electrons. The maximum atomic E-state index is 12.6. The molecule has 2 atom stereocenters. The molecule has 0 aromatic carbocycles. The lowest BCUT2D eigenvalue weighted by molar-refractivity contribution is 0.0226. The Morgan fingerprint density at radius 2 is 1.94 bits per heavy atom. The molecule has 2 amide bonds. The summed E-state index contributed by atoms with van der Waals surface area (Å²) in [4.78, 5) is 40.5. The molecule has 3 aliphatic heterocycles. The number of rotatable bonds is 4. The normalized spacial score (nSPS) is 22.7. The van der Waals surface area contributed by atoms with Crippen molar-refractivity contribution in [2.75, 3.05) is 51.3 Å². The molecular weight excluding hydrogens is 466 g/mol. The van der Waals surface area contributed by atoms with Crippen LogP contribution in [0.4, 0.5) is 15.4 Å². The fourth-order valence-electron chi connectivity index (χ4n) is 4.85. The zero-order valence-corrected chi connectivity index (χ0v) is 21.4. The largest absolute Gasteiger partial charge is 0.465 e. The van der Waals surface area contributed by atoms with E-state index in [9.17, 15) is 20.0 Å². The summed E-state index contributed by atoms with van der Waals surface area (Å²) in [7, 11) is 2.06. The number of anilines is 1. The number of piperazine rings is 1. The van der Waals surface area contributed by atoms with Gasteiger partial charge in [0.25, 0.3) is 0 Å². The van der Waals surface area contributed by atoms with Crippen molar-refractivity contribution < 1.29 is 24.2 Å². The predicted molar refractivity (Wildman–Crippen MR) is 130 cm³/mol. The van der Waals surface area contributed by atoms with Gasteiger partial charge < -0.3 is 34.2 Å². The van der Waals surface area contributed by atoms with Crippen molar-refractivity contribution in [3.63, 3.8) is 0 Å². The van der Waals surface area contributed by atoms with Gasteiger partial charge in [0.1, 0.15) is 24.1 Å². The number of likely N-dealkylation sites (tertiary alicyclic amines) is 1. The van der Waals surface area contributed by atoms with E-state index in [0.29, 0.717) is 44.2 Å². The smallest absolute Gasteiger partial charge is 0.410 e. The van der Waals surface area contributed by atoms with E-state index in [1.165, 1.54) is 4.90 Å². The summed E-state index contributed by atoms with van der Waals surface area (Å²) < 4.78 is 11.5. The van der Waals surface area contributed by atoms with Crippen molar-refractivity contribution in [2.24, 2.45) is 0 Å². The minimum atomic E-state index is -1.00. The van der Waals surface area contributed by atoms with Gasteiger partial charge in [-0.15, -0.1) is 0 Å². The Labute approximate surface area is 211 Å². The van der Waals surface area contributed by atoms with E-state index in [1.807, 2.05) is 4.90 Å². The molecule has 0 unspecified atom stereocenters. The molecule has 3 aliphatic rings. The van der Waals surface area contributed by atoms with Crippen LogP contribution in [0.3, 0.4) is 0 Å². The lowest BCUT2D eigenvalue weighted by Crippen LogP contribution is -2.56. The van der Waals surface area contributed by atoms with Crippen molar-refractivity contribution in [1.82, 2.24) is 24.7 Å². The summed E-state index contributed by atoms with van der Waals surface area (Å²) in [5.41, 5.74) is 0.788. The standard InChI is InChI=1S/C24H35N7O5/c1-24(2,3)36-23(34)30-10-11-31(17(12-25)13-30)20-18-7-9-29(22(32)33)14-19(18)26-21(27-20)35-15-16-6-5-8-28(16)4/h16-17H,5-11,13-15H2,1-4H3,(H,32,33)/t16-,17-/m0/s1. The molecule has 4 rings (SSSR count). The van der Waals surface area contributed by atoms with E-state index in [2.05, 4.69) is 23.0 Å². The summed E-state index contributed by atoms with van der Waals surface area (Å²) in [5, 5.41) is 19.5. The van der Waals surface area contributed by atoms with Crippen LogP contribution in [0.1, 0.15) is 44.9 Å². The molecule has 196 valence electrons. The fraction of sp³-hybridized carbons (Fsp3) is 0.708. The Bertz CT molecular complexity index is 1040. The summed E-state index contributed by atoms with van der Waals surface area (Å²) >= 11 is 0. The highest BCUT2D eigenvalue weighted by Gasteiger charge is 2.36. The Morgan fingerprint density at radius 3 is 2.58 bits per heavy atom. The van der Waals surface area contributed by atoms with Gasteiger partial charge >= 0.3 is 18.2 Å². The first kappa shape index (κ1) is 25.8. The molecule has 1 aromatic heterocycles. The van der Waals surface area contributed by atoms with Crippen LogP contribution in [-0.2, 0) is 17.7 Å². The zero-order valence-electron chi connectivity index (χ0n) is 21.4. The summed E-state index contributed by atoms with van der Waals surface area (Å²) in [6, 6.07) is 2.11. The van der Waals surface area contributed by atoms with Crippen LogP contribution in [0.25, 0.3) is 0 Å². The molecule has 2 fully saturated rings. The molecular formula is C24H35N7O5. The van der Waals surface area contributed by atoms with Crippen LogP contribution in [0.15, 0.2) is 0 Å². The van der Waals surface area contributed by atoms with Gasteiger partial charge in [-0.3, -0.25) is 0 Å². The summed E-state index contributed by atoms with van der Waals surface area (Å²) in [6.45, 7) is 8.26. The monoisotopic (exact) mass is 501 g/mol. The highest BCUT2D eigenvalue weighted by atomic mass is 16.6. The number of likely N-dealkylation sites (N-methyl/N-ethyl adjacent to an activating group) is 1. The summed E-state index contributed by atoms with van der Waals surface area (Å²) in [5.74, 6) is 0.579. The lowest BCUT2D eigenvalue weighted by Gasteiger charge is -2.40. The molecule has 12 nitrogen and oxygen atoms in total. The first-order valence-corrected chi connectivity index (χ1v) is 12.4. The Balaban J connectivity index is 1.59. The van der Waals surface area contributed by atoms with Gasteiger partial charge in [0.15, 0.2) is 0 Å². The minimum absolute atomic E-state index is 0.134. The van der Waals surface area contributed by atoms with Gasteiger partial charge in [-0.05, 0) is 53.6 Å². The highest BCUT2D eigenvalue weighted by molar-refractivity contribution is 5.69. The van der Waals surface area contributed by atoms with Crippen molar-refractivity contribution in [3.8, 4) is 12.1 Å². The van der Waals surface area contributed by atoms with Gasteiger partial charge in [-0.25, -0.2) is 9.59 Å².